The maximum absolute atomic E-state index is 12.0. The molecule has 4 atom stereocenters. The van der Waals surface area contributed by atoms with Crippen LogP contribution < -0.4 is 0 Å². The van der Waals surface area contributed by atoms with Crippen molar-refractivity contribution in [2.24, 2.45) is 0 Å². The topological polar surface area (TPSA) is 134 Å². The van der Waals surface area contributed by atoms with Crippen molar-refractivity contribution >= 4 is 11.9 Å². The van der Waals surface area contributed by atoms with Crippen molar-refractivity contribution in [3.05, 3.63) is 48.6 Å². The Kier molecular flexibility index (Phi) is 37.8. The third-order valence-corrected chi connectivity index (χ3v) is 9.43. The van der Waals surface area contributed by atoms with Crippen LogP contribution in [0.1, 0.15) is 187 Å². The highest BCUT2D eigenvalue weighted by atomic mass is 16.6. The number of ether oxygens (including phenoxy) is 2. The third-order valence-electron chi connectivity index (χ3n) is 9.43. The van der Waals surface area contributed by atoms with Crippen LogP contribution in [0.4, 0.5) is 0 Å². The van der Waals surface area contributed by atoms with E-state index in [1.54, 1.807) is 36.5 Å². The van der Waals surface area contributed by atoms with E-state index in [0.29, 0.717) is 12.8 Å². The largest absolute Gasteiger partial charge is 0.463 e. The molecule has 0 aromatic carbocycles. The second-order valence-corrected chi connectivity index (χ2v) is 14.7. The lowest BCUT2D eigenvalue weighted by atomic mass is 10.0. The van der Waals surface area contributed by atoms with Crippen molar-refractivity contribution < 1.29 is 39.5 Å². The number of unbranched alkanes of at least 4 members (excludes halogenated alkanes) is 20. The summed E-state index contributed by atoms with van der Waals surface area (Å²) in [5, 5.41) is 40.2. The molecule has 8 nitrogen and oxygen atoms in total. The van der Waals surface area contributed by atoms with Gasteiger partial charge in [0, 0.05) is 12.8 Å². The molecular weight excluding hydrogens is 668 g/mol. The zero-order chi connectivity index (χ0) is 39.0. The molecule has 53 heavy (non-hydrogen) atoms. The van der Waals surface area contributed by atoms with Gasteiger partial charge in [0.15, 0.2) is 0 Å². The molecule has 0 aliphatic rings. The van der Waals surface area contributed by atoms with Gasteiger partial charge in [-0.05, 0) is 25.7 Å². The molecule has 0 heterocycles. The van der Waals surface area contributed by atoms with Gasteiger partial charge in [-0.25, -0.2) is 0 Å². The highest BCUT2D eigenvalue weighted by Gasteiger charge is 2.15. The molecule has 308 valence electrons. The van der Waals surface area contributed by atoms with Crippen LogP contribution in [0, 0.1) is 0 Å². The summed E-state index contributed by atoms with van der Waals surface area (Å²) in [7, 11) is 0. The predicted octanol–water partition coefficient (Wildman–Crippen LogP) is 10.3. The summed E-state index contributed by atoms with van der Waals surface area (Å²) < 4.78 is 10.2. The number of aliphatic hydroxyl groups excluding tert-OH is 4. The van der Waals surface area contributed by atoms with Crippen molar-refractivity contribution in [2.75, 3.05) is 13.2 Å². The SMILES string of the molecule is CCCCCCCCCCCCCCCCCCCCCC(=O)OC[C@H](O)COC(=O)CCC[C@@H](O)[C@H](O)/C=C/C=C/C=C\C=C\[C@H](O)CCCCC. The van der Waals surface area contributed by atoms with E-state index in [1.807, 2.05) is 6.08 Å². The van der Waals surface area contributed by atoms with Gasteiger partial charge in [0.1, 0.15) is 19.3 Å². The number of carbonyl (C=O) groups excluding carboxylic acids is 2. The summed E-state index contributed by atoms with van der Waals surface area (Å²) in [5.41, 5.74) is 0. The van der Waals surface area contributed by atoms with Gasteiger partial charge in [0.05, 0.1) is 18.3 Å². The Morgan fingerprint density at radius 1 is 0.453 bits per heavy atom. The first-order valence-electron chi connectivity index (χ1n) is 21.5. The quantitative estimate of drug-likeness (QED) is 0.0279. The van der Waals surface area contributed by atoms with E-state index in [0.717, 1.165) is 44.9 Å². The van der Waals surface area contributed by atoms with Gasteiger partial charge >= 0.3 is 11.9 Å². The average molecular weight is 749 g/mol. The van der Waals surface area contributed by atoms with Crippen LogP contribution in [0.15, 0.2) is 48.6 Å². The van der Waals surface area contributed by atoms with Gasteiger partial charge in [-0.1, -0.05) is 197 Å². The standard InChI is InChI=1S/C45H80O8/c1-3-5-7-8-9-10-11-12-13-14-15-16-17-18-19-20-21-26-30-36-44(50)52-38-41(47)39-53-45(51)37-31-35-43(49)42(48)34-29-25-23-22-24-28-33-40(46)32-27-6-4-2/h22-25,28-29,33-34,40-43,46-49H,3-21,26-27,30-32,35-39H2,1-2H3/b24-22-,25-23+,33-28+,34-29+/t40-,41+,42-,43-/m1/s1. The van der Waals surface area contributed by atoms with Crippen molar-refractivity contribution in [2.45, 2.75) is 212 Å². The zero-order valence-corrected chi connectivity index (χ0v) is 33.9. The molecule has 0 fully saturated rings. The fourth-order valence-electron chi connectivity index (χ4n) is 6.00. The van der Waals surface area contributed by atoms with Gasteiger partial charge < -0.3 is 29.9 Å². The summed E-state index contributed by atoms with van der Waals surface area (Å²) in [6.07, 6.45) is 39.8. The van der Waals surface area contributed by atoms with Gasteiger partial charge in [0.2, 0.25) is 0 Å². The molecule has 0 aliphatic carbocycles. The summed E-state index contributed by atoms with van der Waals surface area (Å²) in [5.74, 6) is -0.878. The van der Waals surface area contributed by atoms with Crippen molar-refractivity contribution in [3.8, 4) is 0 Å². The lowest BCUT2D eigenvalue weighted by Crippen LogP contribution is -2.26. The molecule has 0 aromatic heterocycles. The first-order valence-corrected chi connectivity index (χ1v) is 21.5. The highest BCUT2D eigenvalue weighted by Crippen LogP contribution is 2.15. The predicted molar refractivity (Wildman–Crippen MR) is 219 cm³/mol. The summed E-state index contributed by atoms with van der Waals surface area (Å²) in [6, 6.07) is 0. The lowest BCUT2D eigenvalue weighted by molar-refractivity contribution is -0.152. The second kappa shape index (κ2) is 39.4. The average Bonchev–Trinajstić information content (AvgIpc) is 3.15. The second-order valence-electron chi connectivity index (χ2n) is 14.7. The zero-order valence-electron chi connectivity index (χ0n) is 33.9. The van der Waals surface area contributed by atoms with E-state index in [2.05, 4.69) is 13.8 Å². The molecule has 0 saturated heterocycles. The minimum Gasteiger partial charge on any atom is -0.463 e. The first kappa shape index (κ1) is 50.7. The Morgan fingerprint density at radius 2 is 0.830 bits per heavy atom. The maximum atomic E-state index is 12.0. The third kappa shape index (κ3) is 37.8. The molecule has 0 bridgehead atoms. The molecule has 0 unspecified atom stereocenters. The van der Waals surface area contributed by atoms with Crippen LogP contribution in [0.25, 0.3) is 0 Å². The van der Waals surface area contributed by atoms with Gasteiger partial charge in [-0.2, -0.15) is 0 Å². The number of rotatable bonds is 38. The Morgan fingerprint density at radius 3 is 1.30 bits per heavy atom. The van der Waals surface area contributed by atoms with Crippen LogP contribution >= 0.6 is 0 Å². The van der Waals surface area contributed by atoms with Crippen LogP contribution in [0.5, 0.6) is 0 Å². The minimum atomic E-state index is -1.09. The van der Waals surface area contributed by atoms with E-state index < -0.39 is 30.4 Å². The van der Waals surface area contributed by atoms with Gasteiger partial charge in [-0.15, -0.1) is 0 Å². The molecule has 0 aliphatic heterocycles. The van der Waals surface area contributed by atoms with Crippen molar-refractivity contribution in [1.82, 2.24) is 0 Å². The first-order chi connectivity index (χ1) is 25.8. The maximum Gasteiger partial charge on any atom is 0.305 e. The van der Waals surface area contributed by atoms with Crippen LogP contribution in [-0.2, 0) is 19.1 Å². The van der Waals surface area contributed by atoms with E-state index in [1.165, 1.54) is 109 Å². The number of esters is 2. The van der Waals surface area contributed by atoms with E-state index in [-0.39, 0.29) is 32.0 Å². The molecule has 8 heteroatoms. The van der Waals surface area contributed by atoms with Crippen LogP contribution in [-0.4, -0.2) is 70.0 Å². The van der Waals surface area contributed by atoms with Crippen LogP contribution in [0.2, 0.25) is 0 Å². The molecule has 0 aromatic rings. The normalized spacial score (nSPS) is 14.5. The number of carbonyl (C=O) groups is 2. The Labute approximate surface area is 324 Å². The number of aliphatic hydroxyl groups is 4. The van der Waals surface area contributed by atoms with Crippen LogP contribution in [0.3, 0.4) is 0 Å². The molecule has 0 radical (unpaired) electrons. The minimum absolute atomic E-state index is 0.0327. The van der Waals surface area contributed by atoms with E-state index in [4.69, 9.17) is 9.47 Å². The summed E-state index contributed by atoms with van der Waals surface area (Å²) in [6.45, 7) is 3.92. The fourth-order valence-corrected chi connectivity index (χ4v) is 6.00. The summed E-state index contributed by atoms with van der Waals surface area (Å²) in [4.78, 5) is 24.0. The Balaban J connectivity index is 3.70. The summed E-state index contributed by atoms with van der Waals surface area (Å²) >= 11 is 0. The smallest absolute Gasteiger partial charge is 0.305 e. The molecular formula is C45H80O8. The molecule has 4 N–H and O–H groups in total. The van der Waals surface area contributed by atoms with Gasteiger partial charge in [-0.3, -0.25) is 9.59 Å². The number of allylic oxidation sites excluding steroid dienone is 6. The fraction of sp³-hybridized carbons (Fsp3) is 0.778. The van der Waals surface area contributed by atoms with E-state index >= 15 is 0 Å². The Bertz CT molecular complexity index is 943. The van der Waals surface area contributed by atoms with E-state index in [9.17, 15) is 30.0 Å². The highest BCUT2D eigenvalue weighted by molar-refractivity contribution is 5.69. The molecule has 0 saturated carbocycles. The molecule has 0 rings (SSSR count). The van der Waals surface area contributed by atoms with Gasteiger partial charge in [0.25, 0.3) is 0 Å². The van der Waals surface area contributed by atoms with Crippen molar-refractivity contribution in [1.29, 1.82) is 0 Å². The lowest BCUT2D eigenvalue weighted by Gasteiger charge is -2.14. The Hall–Kier alpha value is -2.26. The molecule has 0 amide bonds. The monoisotopic (exact) mass is 749 g/mol. The van der Waals surface area contributed by atoms with Crippen molar-refractivity contribution in [3.63, 3.8) is 0 Å². The number of hydrogen-bond acceptors (Lipinski definition) is 8. The molecule has 0 spiro atoms. The number of hydrogen-bond donors (Lipinski definition) is 4.